The van der Waals surface area contributed by atoms with E-state index < -0.39 is 22.8 Å². The number of rotatable bonds is 6. The molecule has 23 heavy (non-hydrogen) atoms. The molecule has 0 fully saturated rings. The van der Waals surface area contributed by atoms with Gasteiger partial charge in [0, 0.05) is 18.2 Å². The lowest BCUT2D eigenvalue weighted by atomic mass is 10.2. The molecule has 0 saturated carbocycles. The van der Waals surface area contributed by atoms with Gasteiger partial charge in [0.2, 0.25) is 0 Å². The van der Waals surface area contributed by atoms with Gasteiger partial charge in [-0.25, -0.2) is 9.18 Å². The van der Waals surface area contributed by atoms with Gasteiger partial charge in [0.05, 0.1) is 4.92 Å². The number of non-ortho nitro benzene ring substituents is 1. The SMILES string of the molecule is CC(Oc1cccc(F)c1)C(=O)OCc1cccc([N+](=O)[O-])c1. The first-order chi connectivity index (χ1) is 11.0. The number of carbonyl (C=O) groups is 1. The maximum absolute atomic E-state index is 13.0. The first-order valence-electron chi connectivity index (χ1n) is 6.78. The van der Waals surface area contributed by atoms with Gasteiger partial charge in [-0.15, -0.1) is 0 Å². The van der Waals surface area contributed by atoms with Gasteiger partial charge in [0.25, 0.3) is 5.69 Å². The molecular formula is C16H14FNO5. The zero-order valence-electron chi connectivity index (χ0n) is 12.3. The van der Waals surface area contributed by atoms with E-state index in [0.717, 1.165) is 6.07 Å². The molecule has 6 nitrogen and oxygen atoms in total. The minimum atomic E-state index is -0.935. The van der Waals surface area contributed by atoms with E-state index in [0.29, 0.717) is 5.56 Å². The van der Waals surface area contributed by atoms with Crippen molar-refractivity contribution >= 4 is 11.7 Å². The highest BCUT2D eigenvalue weighted by molar-refractivity contribution is 5.74. The quantitative estimate of drug-likeness (QED) is 0.464. The molecule has 120 valence electrons. The molecule has 0 N–H and O–H groups in total. The molecule has 2 aromatic carbocycles. The van der Waals surface area contributed by atoms with Crippen molar-refractivity contribution in [2.45, 2.75) is 19.6 Å². The van der Waals surface area contributed by atoms with E-state index in [9.17, 15) is 19.3 Å². The van der Waals surface area contributed by atoms with Crippen LogP contribution in [0.25, 0.3) is 0 Å². The number of hydrogen-bond acceptors (Lipinski definition) is 5. The van der Waals surface area contributed by atoms with Crippen molar-refractivity contribution in [3.05, 3.63) is 70.0 Å². The zero-order chi connectivity index (χ0) is 16.8. The number of hydrogen-bond donors (Lipinski definition) is 0. The predicted octanol–water partition coefficient (Wildman–Crippen LogP) is 3.24. The Kier molecular flexibility index (Phi) is 5.24. The fourth-order valence-electron chi connectivity index (χ4n) is 1.82. The summed E-state index contributed by atoms with van der Waals surface area (Å²) in [6, 6.07) is 11.2. The van der Waals surface area contributed by atoms with Gasteiger partial charge < -0.3 is 9.47 Å². The summed E-state index contributed by atoms with van der Waals surface area (Å²) in [7, 11) is 0. The molecular weight excluding hydrogens is 305 g/mol. The second kappa shape index (κ2) is 7.35. The molecule has 2 aromatic rings. The first kappa shape index (κ1) is 16.4. The standard InChI is InChI=1S/C16H14FNO5/c1-11(23-15-7-3-5-13(17)9-15)16(19)22-10-12-4-2-6-14(8-12)18(20)21/h2-9,11H,10H2,1H3. The lowest BCUT2D eigenvalue weighted by Gasteiger charge is -2.14. The van der Waals surface area contributed by atoms with Crippen molar-refractivity contribution in [3.63, 3.8) is 0 Å². The molecule has 0 aromatic heterocycles. The molecule has 0 aliphatic rings. The van der Waals surface area contributed by atoms with Gasteiger partial charge in [-0.05, 0) is 24.6 Å². The average molecular weight is 319 g/mol. The van der Waals surface area contributed by atoms with E-state index >= 15 is 0 Å². The van der Waals surface area contributed by atoms with Crippen molar-refractivity contribution in [1.82, 2.24) is 0 Å². The third kappa shape index (κ3) is 4.77. The van der Waals surface area contributed by atoms with Crippen molar-refractivity contribution in [3.8, 4) is 5.75 Å². The lowest BCUT2D eigenvalue weighted by Crippen LogP contribution is -2.26. The molecule has 0 radical (unpaired) electrons. The van der Waals surface area contributed by atoms with Crippen LogP contribution in [-0.2, 0) is 16.1 Å². The summed E-state index contributed by atoms with van der Waals surface area (Å²) in [5.41, 5.74) is 0.410. The van der Waals surface area contributed by atoms with Gasteiger partial charge in [0.1, 0.15) is 18.2 Å². The molecule has 0 aliphatic heterocycles. The Labute approximate surface area is 131 Å². The maximum Gasteiger partial charge on any atom is 0.347 e. The van der Waals surface area contributed by atoms with Crippen LogP contribution in [0.3, 0.4) is 0 Å². The van der Waals surface area contributed by atoms with Gasteiger partial charge in [-0.2, -0.15) is 0 Å². The van der Waals surface area contributed by atoms with Crippen molar-refractivity contribution in [1.29, 1.82) is 0 Å². The van der Waals surface area contributed by atoms with Crippen LogP contribution in [0.2, 0.25) is 0 Å². The predicted molar refractivity (Wildman–Crippen MR) is 79.4 cm³/mol. The number of carbonyl (C=O) groups excluding carboxylic acids is 1. The highest BCUT2D eigenvalue weighted by Crippen LogP contribution is 2.16. The summed E-state index contributed by atoms with van der Waals surface area (Å²) in [5.74, 6) is -0.912. The summed E-state index contributed by atoms with van der Waals surface area (Å²) < 4.78 is 23.4. The summed E-state index contributed by atoms with van der Waals surface area (Å²) in [6.45, 7) is 1.36. The Hall–Kier alpha value is -2.96. The van der Waals surface area contributed by atoms with Gasteiger partial charge in [0.15, 0.2) is 6.10 Å². The number of nitrogens with zero attached hydrogens (tertiary/aromatic N) is 1. The number of esters is 1. The van der Waals surface area contributed by atoms with Gasteiger partial charge >= 0.3 is 5.97 Å². The van der Waals surface area contributed by atoms with E-state index in [2.05, 4.69) is 0 Å². The third-order valence-corrected chi connectivity index (χ3v) is 2.94. The Bertz CT molecular complexity index is 719. The van der Waals surface area contributed by atoms with Crippen molar-refractivity contribution in [2.24, 2.45) is 0 Å². The van der Waals surface area contributed by atoms with E-state index in [1.165, 1.54) is 43.3 Å². The summed E-state index contributed by atoms with van der Waals surface area (Å²) >= 11 is 0. The van der Waals surface area contributed by atoms with E-state index in [-0.39, 0.29) is 18.0 Å². The Balaban J connectivity index is 1.91. The van der Waals surface area contributed by atoms with Crippen LogP contribution in [-0.4, -0.2) is 17.0 Å². The van der Waals surface area contributed by atoms with Crippen LogP contribution in [0, 0.1) is 15.9 Å². The Morgan fingerprint density at radius 1 is 1.26 bits per heavy atom. The average Bonchev–Trinajstić information content (AvgIpc) is 2.52. The lowest BCUT2D eigenvalue weighted by molar-refractivity contribution is -0.384. The molecule has 2 rings (SSSR count). The number of ether oxygens (including phenoxy) is 2. The molecule has 0 spiro atoms. The fraction of sp³-hybridized carbons (Fsp3) is 0.188. The maximum atomic E-state index is 13.0. The van der Waals surface area contributed by atoms with Crippen molar-refractivity contribution < 1.29 is 23.6 Å². The minimum absolute atomic E-state index is 0.0809. The number of benzene rings is 2. The molecule has 0 saturated heterocycles. The van der Waals surface area contributed by atoms with Gasteiger partial charge in [-0.1, -0.05) is 18.2 Å². The largest absolute Gasteiger partial charge is 0.479 e. The highest BCUT2D eigenvalue weighted by Gasteiger charge is 2.17. The number of halogens is 1. The van der Waals surface area contributed by atoms with Crippen molar-refractivity contribution in [2.75, 3.05) is 0 Å². The van der Waals surface area contributed by atoms with Crippen LogP contribution in [0.15, 0.2) is 48.5 Å². The number of nitro groups is 1. The zero-order valence-corrected chi connectivity index (χ0v) is 12.3. The second-order valence-corrected chi connectivity index (χ2v) is 4.75. The molecule has 0 heterocycles. The third-order valence-electron chi connectivity index (χ3n) is 2.94. The van der Waals surface area contributed by atoms with Crippen LogP contribution in [0.5, 0.6) is 5.75 Å². The summed E-state index contributed by atoms with van der Waals surface area (Å²) in [5, 5.41) is 10.7. The molecule has 0 aliphatic carbocycles. The molecule has 0 amide bonds. The molecule has 7 heteroatoms. The fourth-order valence-corrected chi connectivity index (χ4v) is 1.82. The molecule has 1 unspecified atom stereocenters. The highest BCUT2D eigenvalue weighted by atomic mass is 19.1. The molecule has 0 bridgehead atoms. The van der Waals surface area contributed by atoms with Gasteiger partial charge in [-0.3, -0.25) is 10.1 Å². The summed E-state index contributed by atoms with van der Waals surface area (Å²) in [4.78, 5) is 22.0. The van der Waals surface area contributed by atoms with Crippen LogP contribution >= 0.6 is 0 Å². The minimum Gasteiger partial charge on any atom is -0.479 e. The van der Waals surface area contributed by atoms with Crippen LogP contribution in [0.1, 0.15) is 12.5 Å². The van der Waals surface area contributed by atoms with Crippen LogP contribution < -0.4 is 4.74 Å². The topological polar surface area (TPSA) is 78.7 Å². The smallest absolute Gasteiger partial charge is 0.347 e. The normalized spacial score (nSPS) is 11.6. The van der Waals surface area contributed by atoms with E-state index in [1.807, 2.05) is 0 Å². The Morgan fingerprint density at radius 2 is 2.00 bits per heavy atom. The van der Waals surface area contributed by atoms with Crippen LogP contribution in [0.4, 0.5) is 10.1 Å². The van der Waals surface area contributed by atoms with E-state index in [1.54, 1.807) is 6.07 Å². The Morgan fingerprint density at radius 3 is 2.70 bits per heavy atom. The monoisotopic (exact) mass is 319 g/mol. The van der Waals surface area contributed by atoms with E-state index in [4.69, 9.17) is 9.47 Å². The summed E-state index contributed by atoms with van der Waals surface area (Å²) in [6.07, 6.45) is -0.935. The molecule has 1 atom stereocenters. The second-order valence-electron chi connectivity index (χ2n) is 4.75. The first-order valence-corrected chi connectivity index (χ1v) is 6.78. The number of nitro benzene ring substituents is 1.